The molecular weight excluding hydrogens is 450 g/mol. The standard InChI is InChI=1S/C31H45NO4/c1-10-31(11-2,25-14-15-26(21(4)18-25)29(36)32(9)19-27(33)34)24-13-12-23(20(3)17-24)16-22(5)28(35)30(6,7)8/h12-15,17-18,22,28,35H,10-11,16,19H2,1-9H3,(H,33,34). The molecule has 5 heteroatoms. The lowest BCUT2D eigenvalue weighted by atomic mass is 9.69. The van der Waals surface area contributed by atoms with E-state index >= 15 is 0 Å². The summed E-state index contributed by atoms with van der Waals surface area (Å²) in [4.78, 5) is 25.1. The Labute approximate surface area is 217 Å². The molecule has 36 heavy (non-hydrogen) atoms. The van der Waals surface area contributed by atoms with Crippen LogP contribution in [0.1, 0.15) is 92.6 Å². The van der Waals surface area contributed by atoms with Crippen LogP contribution in [0.15, 0.2) is 36.4 Å². The molecule has 2 unspecified atom stereocenters. The molecule has 0 spiro atoms. The van der Waals surface area contributed by atoms with E-state index in [1.807, 2.05) is 19.1 Å². The van der Waals surface area contributed by atoms with Gasteiger partial charge in [0.05, 0.1) is 6.10 Å². The Hall–Kier alpha value is -2.66. The van der Waals surface area contributed by atoms with E-state index < -0.39 is 5.97 Å². The van der Waals surface area contributed by atoms with Gasteiger partial charge in [0.2, 0.25) is 0 Å². The normalized spacial score (nSPS) is 13.8. The summed E-state index contributed by atoms with van der Waals surface area (Å²) in [5.41, 5.74) is 5.92. The second-order valence-corrected chi connectivity index (χ2v) is 11.5. The number of benzene rings is 2. The Bertz CT molecular complexity index is 1080. The summed E-state index contributed by atoms with van der Waals surface area (Å²) in [6.07, 6.45) is 2.27. The third-order valence-electron chi connectivity index (χ3n) is 7.80. The Balaban J connectivity index is 2.42. The fourth-order valence-corrected chi connectivity index (χ4v) is 5.45. The number of aliphatic carboxylic acids is 1. The van der Waals surface area contributed by atoms with Gasteiger partial charge in [-0.05, 0) is 78.3 Å². The lowest BCUT2D eigenvalue weighted by Gasteiger charge is -2.35. The zero-order valence-electron chi connectivity index (χ0n) is 23.6. The number of carboxylic acid groups (broad SMARTS) is 1. The number of amides is 1. The van der Waals surface area contributed by atoms with E-state index in [2.05, 4.69) is 72.7 Å². The second kappa shape index (κ2) is 11.6. The minimum Gasteiger partial charge on any atom is -0.480 e. The van der Waals surface area contributed by atoms with E-state index in [0.717, 1.165) is 30.4 Å². The second-order valence-electron chi connectivity index (χ2n) is 11.5. The molecular formula is C31H45NO4. The number of aliphatic hydroxyl groups excluding tert-OH is 1. The van der Waals surface area contributed by atoms with E-state index in [-0.39, 0.29) is 35.3 Å². The molecule has 2 atom stereocenters. The van der Waals surface area contributed by atoms with Crippen molar-refractivity contribution in [3.63, 3.8) is 0 Å². The molecule has 0 heterocycles. The molecule has 0 aliphatic carbocycles. The summed E-state index contributed by atoms with van der Waals surface area (Å²) in [6.45, 7) is 16.5. The quantitative estimate of drug-likeness (QED) is 0.414. The first-order valence-corrected chi connectivity index (χ1v) is 13.0. The maximum atomic E-state index is 12.8. The van der Waals surface area contributed by atoms with Gasteiger partial charge in [-0.15, -0.1) is 0 Å². The number of rotatable bonds is 10. The third kappa shape index (κ3) is 6.36. The van der Waals surface area contributed by atoms with Gasteiger partial charge >= 0.3 is 5.97 Å². The zero-order valence-corrected chi connectivity index (χ0v) is 23.6. The topological polar surface area (TPSA) is 77.8 Å². The minimum absolute atomic E-state index is 0.152. The number of aliphatic hydroxyl groups is 1. The number of carboxylic acids is 1. The van der Waals surface area contributed by atoms with E-state index in [9.17, 15) is 14.7 Å². The van der Waals surface area contributed by atoms with Crippen molar-refractivity contribution in [3.8, 4) is 0 Å². The van der Waals surface area contributed by atoms with Crippen molar-refractivity contribution in [2.45, 2.75) is 86.2 Å². The number of carbonyl (C=O) groups is 2. The summed E-state index contributed by atoms with van der Waals surface area (Å²) in [5, 5.41) is 19.8. The van der Waals surface area contributed by atoms with Gasteiger partial charge in [-0.1, -0.05) is 71.9 Å². The van der Waals surface area contributed by atoms with Crippen molar-refractivity contribution in [2.75, 3.05) is 13.6 Å². The minimum atomic E-state index is -1.03. The van der Waals surface area contributed by atoms with Crippen molar-refractivity contribution in [2.24, 2.45) is 11.3 Å². The molecule has 2 aromatic rings. The molecule has 1 amide bonds. The molecule has 0 saturated carbocycles. The number of hydrogen-bond acceptors (Lipinski definition) is 3. The van der Waals surface area contributed by atoms with Crippen molar-refractivity contribution in [1.82, 2.24) is 4.90 Å². The fourth-order valence-electron chi connectivity index (χ4n) is 5.45. The Morgan fingerprint density at radius 3 is 1.92 bits per heavy atom. The maximum Gasteiger partial charge on any atom is 0.323 e. The van der Waals surface area contributed by atoms with Crippen LogP contribution in [0.3, 0.4) is 0 Å². The van der Waals surface area contributed by atoms with Crippen LogP contribution in [0.5, 0.6) is 0 Å². The lowest BCUT2D eigenvalue weighted by molar-refractivity contribution is -0.137. The van der Waals surface area contributed by atoms with Crippen LogP contribution in [-0.4, -0.2) is 46.7 Å². The molecule has 0 fully saturated rings. The van der Waals surface area contributed by atoms with Crippen LogP contribution in [0.25, 0.3) is 0 Å². The molecule has 0 aliphatic heterocycles. The molecule has 198 valence electrons. The molecule has 2 aromatic carbocycles. The molecule has 0 radical (unpaired) electrons. The number of carbonyl (C=O) groups excluding carboxylic acids is 1. The van der Waals surface area contributed by atoms with Gasteiger partial charge in [0.15, 0.2) is 0 Å². The number of nitrogens with zero attached hydrogens (tertiary/aromatic N) is 1. The molecule has 0 aromatic heterocycles. The maximum absolute atomic E-state index is 12.8. The van der Waals surface area contributed by atoms with Crippen molar-refractivity contribution < 1.29 is 19.8 Å². The van der Waals surface area contributed by atoms with Crippen LogP contribution in [0.2, 0.25) is 0 Å². The first kappa shape index (κ1) is 29.6. The van der Waals surface area contributed by atoms with Gasteiger partial charge in [0.1, 0.15) is 6.54 Å². The van der Waals surface area contributed by atoms with Gasteiger partial charge in [0.25, 0.3) is 5.91 Å². The van der Waals surface area contributed by atoms with Crippen LogP contribution >= 0.6 is 0 Å². The predicted molar refractivity (Wildman–Crippen MR) is 147 cm³/mol. The lowest BCUT2D eigenvalue weighted by Crippen LogP contribution is -2.33. The highest BCUT2D eigenvalue weighted by Crippen LogP contribution is 2.40. The predicted octanol–water partition coefficient (Wildman–Crippen LogP) is 6.15. The number of aryl methyl sites for hydroxylation is 2. The van der Waals surface area contributed by atoms with Crippen LogP contribution < -0.4 is 0 Å². The first-order valence-electron chi connectivity index (χ1n) is 13.0. The van der Waals surface area contributed by atoms with Crippen LogP contribution in [0, 0.1) is 25.2 Å². The monoisotopic (exact) mass is 495 g/mol. The molecule has 0 saturated heterocycles. The Kier molecular flexibility index (Phi) is 9.52. The van der Waals surface area contributed by atoms with Crippen LogP contribution in [0.4, 0.5) is 0 Å². The molecule has 5 nitrogen and oxygen atoms in total. The average molecular weight is 496 g/mol. The van der Waals surface area contributed by atoms with E-state index in [1.54, 1.807) is 0 Å². The molecule has 0 aliphatic rings. The summed E-state index contributed by atoms with van der Waals surface area (Å²) >= 11 is 0. The number of hydrogen-bond donors (Lipinski definition) is 2. The largest absolute Gasteiger partial charge is 0.480 e. The molecule has 0 bridgehead atoms. The average Bonchev–Trinajstić information content (AvgIpc) is 2.80. The Morgan fingerprint density at radius 2 is 1.47 bits per heavy atom. The van der Waals surface area contributed by atoms with Gasteiger partial charge in [-0.3, -0.25) is 9.59 Å². The SMILES string of the molecule is CCC(CC)(c1ccc(CC(C)C(O)C(C)(C)C)c(C)c1)c1ccc(C(=O)N(C)CC(=O)O)c(C)c1. The summed E-state index contributed by atoms with van der Waals surface area (Å²) in [7, 11) is 1.51. The van der Waals surface area contributed by atoms with E-state index in [0.29, 0.717) is 5.56 Å². The fraction of sp³-hybridized carbons (Fsp3) is 0.548. The van der Waals surface area contributed by atoms with Crippen molar-refractivity contribution >= 4 is 11.9 Å². The highest BCUT2D eigenvalue weighted by molar-refractivity contribution is 5.97. The van der Waals surface area contributed by atoms with E-state index in [4.69, 9.17) is 5.11 Å². The number of likely N-dealkylation sites (N-methyl/N-ethyl adjacent to an activating group) is 1. The first-order chi connectivity index (χ1) is 16.7. The summed E-state index contributed by atoms with van der Waals surface area (Å²) in [6, 6.07) is 12.7. The third-order valence-corrected chi connectivity index (χ3v) is 7.80. The highest BCUT2D eigenvalue weighted by Gasteiger charge is 2.32. The highest BCUT2D eigenvalue weighted by atomic mass is 16.4. The van der Waals surface area contributed by atoms with Gasteiger partial charge in [-0.2, -0.15) is 0 Å². The summed E-state index contributed by atoms with van der Waals surface area (Å²) in [5.74, 6) is -1.16. The van der Waals surface area contributed by atoms with Gasteiger partial charge in [-0.25, -0.2) is 0 Å². The van der Waals surface area contributed by atoms with Crippen molar-refractivity contribution in [3.05, 3.63) is 69.8 Å². The van der Waals surface area contributed by atoms with Gasteiger partial charge < -0.3 is 15.1 Å². The Morgan fingerprint density at radius 1 is 0.944 bits per heavy atom. The van der Waals surface area contributed by atoms with Crippen molar-refractivity contribution in [1.29, 1.82) is 0 Å². The summed E-state index contributed by atoms with van der Waals surface area (Å²) < 4.78 is 0. The zero-order chi connectivity index (χ0) is 27.4. The smallest absolute Gasteiger partial charge is 0.323 e. The van der Waals surface area contributed by atoms with E-state index in [1.165, 1.54) is 28.6 Å². The van der Waals surface area contributed by atoms with Gasteiger partial charge in [0, 0.05) is 18.0 Å². The molecule has 2 N–H and O–H groups in total. The molecule has 2 rings (SSSR count). The van der Waals surface area contributed by atoms with Crippen LogP contribution in [-0.2, 0) is 16.6 Å².